The minimum Gasteiger partial charge on any atom is -0.478 e. The van der Waals surface area contributed by atoms with E-state index >= 15 is 0 Å². The van der Waals surface area contributed by atoms with Crippen molar-refractivity contribution in [2.45, 2.75) is 70.8 Å². The maximum absolute atomic E-state index is 11.6. The fourth-order valence-electron chi connectivity index (χ4n) is 4.32. The van der Waals surface area contributed by atoms with Gasteiger partial charge in [-0.1, -0.05) is 82.5 Å². The van der Waals surface area contributed by atoms with Crippen LogP contribution in [-0.2, 0) is 11.8 Å². The highest BCUT2D eigenvalue weighted by molar-refractivity contribution is 5.95. The van der Waals surface area contributed by atoms with Gasteiger partial charge < -0.3 is 5.11 Å². The van der Waals surface area contributed by atoms with E-state index in [0.29, 0.717) is 11.6 Å². The Bertz CT molecular complexity index is 1060. The number of hydrogen-bond donors (Lipinski definition) is 1. The fourth-order valence-corrected chi connectivity index (χ4v) is 4.32. The zero-order valence-electron chi connectivity index (χ0n) is 18.6. The Kier molecular flexibility index (Phi) is 5.94. The molecule has 0 atom stereocenters. The Hall–Kier alpha value is -2.95. The number of carboxylic acid groups (broad SMARTS) is 1. The van der Waals surface area contributed by atoms with Crippen LogP contribution in [0.5, 0.6) is 0 Å². The molecule has 0 radical (unpaired) electrons. The number of carbonyl (C=O) groups is 1. The van der Waals surface area contributed by atoms with Crippen LogP contribution in [0.1, 0.15) is 86.5 Å². The van der Waals surface area contributed by atoms with E-state index < -0.39 is 5.97 Å². The number of hydrogen-bond acceptors (Lipinski definition) is 3. The summed E-state index contributed by atoms with van der Waals surface area (Å²) in [6.45, 7) is 6.48. The molecule has 5 heteroatoms. The number of nitrogens with zero attached hydrogens (tertiary/aromatic N) is 3. The zero-order chi connectivity index (χ0) is 22.0. The molecule has 1 N–H and O–H groups in total. The fraction of sp³-hybridized carbons (Fsp3) is 0.423. The average Bonchev–Trinajstić information content (AvgIpc) is 3.19. The van der Waals surface area contributed by atoms with E-state index in [1.807, 2.05) is 24.3 Å². The van der Waals surface area contributed by atoms with Crippen molar-refractivity contribution in [2.75, 3.05) is 0 Å². The van der Waals surface area contributed by atoms with Gasteiger partial charge in [-0.05, 0) is 35.6 Å². The Morgan fingerprint density at radius 2 is 1.71 bits per heavy atom. The van der Waals surface area contributed by atoms with Crippen LogP contribution in [0, 0.1) is 0 Å². The van der Waals surface area contributed by atoms with Gasteiger partial charge in [-0.3, -0.25) is 0 Å². The number of carboxylic acids is 1. The average molecular weight is 418 g/mol. The lowest BCUT2D eigenvalue weighted by Gasteiger charge is -2.23. The lowest BCUT2D eigenvalue weighted by molar-refractivity contribution is 0.0697. The van der Waals surface area contributed by atoms with E-state index in [9.17, 15) is 9.90 Å². The topological polar surface area (TPSA) is 68.0 Å². The van der Waals surface area contributed by atoms with Crippen LogP contribution < -0.4 is 0 Å². The van der Waals surface area contributed by atoms with Crippen molar-refractivity contribution in [1.82, 2.24) is 14.8 Å². The molecule has 31 heavy (non-hydrogen) atoms. The number of rotatable bonds is 5. The Labute approximate surface area is 184 Å². The highest BCUT2D eigenvalue weighted by Crippen LogP contribution is 2.31. The molecule has 1 saturated carbocycles. The molecule has 1 aromatic heterocycles. The van der Waals surface area contributed by atoms with Crippen LogP contribution >= 0.6 is 0 Å². The van der Waals surface area contributed by atoms with Crippen molar-refractivity contribution < 1.29 is 9.90 Å². The molecule has 0 bridgehead atoms. The second-order valence-corrected chi connectivity index (χ2v) is 9.56. The molecule has 1 aliphatic rings. The van der Waals surface area contributed by atoms with Crippen molar-refractivity contribution in [3.05, 3.63) is 71.3 Å². The molecular weight excluding hydrogens is 386 g/mol. The van der Waals surface area contributed by atoms with Gasteiger partial charge >= 0.3 is 5.97 Å². The highest BCUT2D eigenvalue weighted by Gasteiger charge is 2.26. The number of benzene rings is 2. The van der Waals surface area contributed by atoms with E-state index in [-0.39, 0.29) is 5.41 Å². The summed E-state index contributed by atoms with van der Waals surface area (Å²) in [6.07, 6.45) is 6.89. The minimum absolute atomic E-state index is 0.0843. The quantitative estimate of drug-likeness (QED) is 0.550. The summed E-state index contributed by atoms with van der Waals surface area (Å²) in [5.41, 5.74) is 3.04. The van der Waals surface area contributed by atoms with Gasteiger partial charge in [0, 0.05) is 11.8 Å². The van der Waals surface area contributed by atoms with Gasteiger partial charge in [-0.15, -0.1) is 0 Å². The van der Waals surface area contributed by atoms with Gasteiger partial charge in [0.25, 0.3) is 0 Å². The third-order valence-corrected chi connectivity index (χ3v) is 6.08. The summed E-state index contributed by atoms with van der Waals surface area (Å²) in [5, 5.41) is 14.4. The maximum atomic E-state index is 11.6. The monoisotopic (exact) mass is 417 g/mol. The van der Waals surface area contributed by atoms with Crippen molar-refractivity contribution >= 4 is 5.97 Å². The smallest absolute Gasteiger partial charge is 0.336 e. The molecular formula is C26H31N3O2. The molecule has 0 saturated heterocycles. The molecule has 1 heterocycles. The van der Waals surface area contributed by atoms with Gasteiger partial charge in [0.15, 0.2) is 5.82 Å². The summed E-state index contributed by atoms with van der Waals surface area (Å²) < 4.78 is 2.19. The Morgan fingerprint density at radius 3 is 2.35 bits per heavy atom. The standard InChI is InChI=1S/C26H31N3O2/c1-26(2,3)25-27-23(29(28-25)20-9-5-4-6-10-20)17-18-13-15-19(16-14-18)21-11-7-8-12-22(21)24(30)31/h7-8,11-16,20H,4-6,9-10,17H2,1-3H3,(H,30,31). The molecule has 0 aliphatic heterocycles. The predicted molar refractivity (Wildman–Crippen MR) is 122 cm³/mol. The Balaban J connectivity index is 1.62. The summed E-state index contributed by atoms with van der Waals surface area (Å²) in [4.78, 5) is 16.5. The molecule has 2 aromatic carbocycles. The first kappa shape index (κ1) is 21.3. The first-order valence-electron chi connectivity index (χ1n) is 11.2. The van der Waals surface area contributed by atoms with Crippen molar-refractivity contribution in [3.63, 3.8) is 0 Å². The molecule has 162 valence electrons. The number of aromatic carboxylic acids is 1. The summed E-state index contributed by atoms with van der Waals surface area (Å²) in [5.74, 6) is 1.02. The van der Waals surface area contributed by atoms with Crippen molar-refractivity contribution in [2.24, 2.45) is 0 Å². The number of aromatic nitrogens is 3. The third-order valence-electron chi connectivity index (χ3n) is 6.08. The summed E-state index contributed by atoms with van der Waals surface area (Å²) >= 11 is 0. The highest BCUT2D eigenvalue weighted by atomic mass is 16.4. The lowest BCUT2D eigenvalue weighted by atomic mass is 9.95. The van der Waals surface area contributed by atoms with E-state index in [1.54, 1.807) is 12.1 Å². The Morgan fingerprint density at radius 1 is 1.03 bits per heavy atom. The lowest BCUT2D eigenvalue weighted by Crippen LogP contribution is -2.18. The first-order chi connectivity index (χ1) is 14.8. The molecule has 4 rings (SSSR count). The van der Waals surface area contributed by atoms with E-state index in [1.165, 1.54) is 32.1 Å². The molecule has 0 spiro atoms. The maximum Gasteiger partial charge on any atom is 0.336 e. The minimum atomic E-state index is -0.907. The van der Waals surface area contributed by atoms with Crippen LogP contribution in [0.15, 0.2) is 48.5 Å². The molecule has 1 fully saturated rings. The first-order valence-corrected chi connectivity index (χ1v) is 11.2. The predicted octanol–water partition coefficient (Wildman–Crippen LogP) is 6.04. The van der Waals surface area contributed by atoms with Crippen LogP contribution in [-0.4, -0.2) is 25.8 Å². The zero-order valence-corrected chi connectivity index (χ0v) is 18.6. The molecule has 0 unspecified atom stereocenters. The van der Waals surface area contributed by atoms with Gasteiger partial charge in [-0.25, -0.2) is 14.5 Å². The van der Waals surface area contributed by atoms with Crippen molar-refractivity contribution in [3.8, 4) is 11.1 Å². The van der Waals surface area contributed by atoms with E-state index in [4.69, 9.17) is 10.1 Å². The van der Waals surface area contributed by atoms with E-state index in [0.717, 1.165) is 34.8 Å². The van der Waals surface area contributed by atoms with Crippen LogP contribution in [0.25, 0.3) is 11.1 Å². The molecule has 3 aromatic rings. The van der Waals surface area contributed by atoms with Gasteiger partial charge in [0.1, 0.15) is 5.82 Å². The third kappa shape index (κ3) is 4.71. The molecule has 0 amide bonds. The second kappa shape index (κ2) is 8.66. The van der Waals surface area contributed by atoms with Gasteiger partial charge in [-0.2, -0.15) is 5.10 Å². The SMILES string of the molecule is CC(C)(C)c1nc(Cc2ccc(-c3ccccc3C(=O)O)cc2)n(C2CCCCC2)n1. The van der Waals surface area contributed by atoms with E-state index in [2.05, 4.69) is 37.6 Å². The van der Waals surface area contributed by atoms with Gasteiger partial charge in [0.2, 0.25) is 0 Å². The summed E-state index contributed by atoms with van der Waals surface area (Å²) in [7, 11) is 0. The van der Waals surface area contributed by atoms with Crippen molar-refractivity contribution in [1.29, 1.82) is 0 Å². The second-order valence-electron chi connectivity index (χ2n) is 9.56. The van der Waals surface area contributed by atoms with Crippen LogP contribution in [0.3, 0.4) is 0 Å². The van der Waals surface area contributed by atoms with Crippen LogP contribution in [0.4, 0.5) is 0 Å². The molecule has 5 nitrogen and oxygen atoms in total. The molecule has 1 aliphatic carbocycles. The van der Waals surface area contributed by atoms with Crippen LogP contribution in [0.2, 0.25) is 0 Å². The van der Waals surface area contributed by atoms with Gasteiger partial charge in [0.05, 0.1) is 11.6 Å². The normalized spacial score (nSPS) is 15.2. The summed E-state index contributed by atoms with van der Waals surface area (Å²) in [6, 6.07) is 15.7. The largest absolute Gasteiger partial charge is 0.478 e.